The van der Waals surface area contributed by atoms with Crippen molar-refractivity contribution < 1.29 is 47.1 Å². The van der Waals surface area contributed by atoms with Gasteiger partial charge in [0.15, 0.2) is 18.3 Å². The maximum atomic E-state index is 12.2. The first-order chi connectivity index (χ1) is 16.7. The number of esters is 3. The molecule has 0 aliphatic carbocycles. The second-order valence-electron chi connectivity index (χ2n) is 8.44. The zero-order valence-electron chi connectivity index (χ0n) is 21.6. The molecule has 0 aromatic heterocycles. The maximum absolute atomic E-state index is 12.2. The highest BCUT2D eigenvalue weighted by Gasteiger charge is 2.54. The molecule has 208 valence electrons. The van der Waals surface area contributed by atoms with Crippen LogP contribution in [0.2, 0.25) is 0 Å². The van der Waals surface area contributed by atoms with Crippen molar-refractivity contribution in [3.05, 3.63) is 0 Å². The van der Waals surface area contributed by atoms with Crippen molar-refractivity contribution in [2.24, 2.45) is 0 Å². The maximum Gasteiger partial charge on any atom is 0.313 e. The van der Waals surface area contributed by atoms with Crippen LogP contribution in [0, 0.1) is 0 Å². The van der Waals surface area contributed by atoms with E-state index in [1.165, 1.54) is 46.4 Å². The standard InChI is InChI=1S/C22H37NO10S3/c1-12(24)23-17(11-36(7,10-8-9-34)33-16(5)28)18-19(29-13(2)25)20(30-14(3)26)21(31-15(4)27)22(32-18)35-6/h17-22,34H,8-11H2,1-7H3,(H,23,24)/t17-,18+,19-,20-,21+,22+/m0/s1. The number of ether oxygens (including phenoxy) is 4. The molecular formula is C22H37NO10S3. The van der Waals surface area contributed by atoms with E-state index >= 15 is 0 Å². The highest BCUT2D eigenvalue weighted by molar-refractivity contribution is 8.29. The predicted octanol–water partition coefficient (Wildman–Crippen LogP) is 1.61. The third-order valence-electron chi connectivity index (χ3n) is 5.04. The van der Waals surface area contributed by atoms with E-state index in [-0.39, 0.29) is 5.75 Å². The molecule has 1 aliphatic rings. The number of thiol groups is 1. The van der Waals surface area contributed by atoms with Crippen LogP contribution < -0.4 is 5.32 Å². The van der Waals surface area contributed by atoms with Crippen molar-refractivity contribution in [2.75, 3.05) is 29.8 Å². The van der Waals surface area contributed by atoms with E-state index < -0.39 is 76.0 Å². The Bertz CT molecular complexity index is 813. The minimum Gasteiger partial charge on any atom is -0.456 e. The normalized spacial score (nSPS) is 26.9. The fraction of sp³-hybridized carbons (Fsp3) is 0.773. The molecule has 14 heteroatoms. The average Bonchev–Trinajstić information content (AvgIpc) is 2.72. The highest BCUT2D eigenvalue weighted by Crippen LogP contribution is 2.48. The van der Waals surface area contributed by atoms with Gasteiger partial charge in [0.2, 0.25) is 5.91 Å². The summed E-state index contributed by atoms with van der Waals surface area (Å²) in [7, 11) is -2.08. The zero-order chi connectivity index (χ0) is 27.6. The molecule has 0 saturated carbocycles. The largest absolute Gasteiger partial charge is 0.456 e. The summed E-state index contributed by atoms with van der Waals surface area (Å²) in [6, 6.07) is -0.808. The summed E-state index contributed by atoms with van der Waals surface area (Å²) in [4.78, 5) is 60.1. The predicted molar refractivity (Wildman–Crippen MR) is 140 cm³/mol. The number of nitrogens with one attached hydrogen (secondary N) is 1. The van der Waals surface area contributed by atoms with Crippen molar-refractivity contribution in [3.8, 4) is 0 Å². The van der Waals surface area contributed by atoms with E-state index in [4.69, 9.17) is 23.1 Å². The fourth-order valence-corrected chi connectivity index (χ4v) is 7.75. The molecule has 11 nitrogen and oxygen atoms in total. The van der Waals surface area contributed by atoms with E-state index in [2.05, 4.69) is 17.9 Å². The van der Waals surface area contributed by atoms with Gasteiger partial charge in [-0.3, -0.25) is 24.0 Å². The molecule has 1 unspecified atom stereocenters. The zero-order valence-corrected chi connectivity index (χ0v) is 24.2. The molecule has 0 bridgehead atoms. The van der Waals surface area contributed by atoms with Gasteiger partial charge in [-0.15, -0.1) is 11.8 Å². The lowest BCUT2D eigenvalue weighted by molar-refractivity contribution is -0.234. The molecule has 1 fully saturated rings. The number of thioether (sulfide) groups is 1. The van der Waals surface area contributed by atoms with Gasteiger partial charge in [-0.2, -0.15) is 12.6 Å². The highest BCUT2D eigenvalue weighted by atomic mass is 32.3. The molecule has 1 N–H and O–H groups in total. The number of carbonyl (C=O) groups excluding carboxylic acids is 5. The third-order valence-corrected chi connectivity index (χ3v) is 9.05. The van der Waals surface area contributed by atoms with Gasteiger partial charge in [0.1, 0.15) is 11.5 Å². The lowest BCUT2D eigenvalue weighted by Crippen LogP contribution is -2.66. The Morgan fingerprint density at radius 3 is 1.89 bits per heavy atom. The lowest BCUT2D eigenvalue weighted by atomic mass is 9.94. The first-order valence-electron chi connectivity index (χ1n) is 11.2. The van der Waals surface area contributed by atoms with E-state index in [1.807, 2.05) is 6.26 Å². The summed E-state index contributed by atoms with van der Waals surface area (Å²) >= 11 is 5.45. The second kappa shape index (κ2) is 14.9. The van der Waals surface area contributed by atoms with Crippen molar-refractivity contribution in [1.29, 1.82) is 0 Å². The van der Waals surface area contributed by atoms with Crippen molar-refractivity contribution in [2.45, 2.75) is 76.9 Å². The summed E-state index contributed by atoms with van der Waals surface area (Å²) in [5, 5.41) is 2.83. The first-order valence-corrected chi connectivity index (χ1v) is 15.5. The summed E-state index contributed by atoms with van der Waals surface area (Å²) in [6.45, 7) is 6.18. The van der Waals surface area contributed by atoms with Gasteiger partial charge in [0, 0.05) is 46.1 Å². The van der Waals surface area contributed by atoms with E-state index in [0.717, 1.165) is 0 Å². The Kier molecular flexibility index (Phi) is 13.4. The Balaban J connectivity index is 3.59. The average molecular weight is 572 g/mol. The van der Waals surface area contributed by atoms with Gasteiger partial charge in [-0.1, -0.05) is 10.3 Å². The Labute approximate surface area is 223 Å². The van der Waals surface area contributed by atoms with E-state index in [0.29, 0.717) is 17.9 Å². The van der Waals surface area contributed by atoms with Crippen LogP contribution in [0.3, 0.4) is 0 Å². The molecule has 1 aliphatic heterocycles. The minimum absolute atomic E-state index is 0.175. The van der Waals surface area contributed by atoms with Crippen LogP contribution in [-0.4, -0.2) is 95.4 Å². The van der Waals surface area contributed by atoms with Gasteiger partial charge in [-0.05, 0) is 24.7 Å². The van der Waals surface area contributed by atoms with Gasteiger partial charge in [0.25, 0.3) is 0 Å². The number of hydrogen-bond donors (Lipinski definition) is 2. The molecule has 0 aromatic rings. The van der Waals surface area contributed by atoms with Crippen LogP contribution >= 0.6 is 34.7 Å². The van der Waals surface area contributed by atoms with Crippen LogP contribution in [0.5, 0.6) is 0 Å². The summed E-state index contributed by atoms with van der Waals surface area (Å²) < 4.78 is 28.5. The SMILES string of the molecule is CS[C@H]1O[C@H]([C@H](CS(C)(CCCS)OC(C)=O)NC(C)=O)[C@H](OC(C)=O)[C@H](OC(C)=O)[C@H]1OC(C)=O. The molecule has 1 rings (SSSR count). The van der Waals surface area contributed by atoms with Crippen LogP contribution in [0.4, 0.5) is 0 Å². The van der Waals surface area contributed by atoms with Crippen LogP contribution in [-0.2, 0) is 47.1 Å². The van der Waals surface area contributed by atoms with E-state index in [9.17, 15) is 24.0 Å². The van der Waals surface area contributed by atoms with Gasteiger partial charge >= 0.3 is 23.9 Å². The molecule has 7 atom stereocenters. The Morgan fingerprint density at radius 2 is 1.44 bits per heavy atom. The smallest absolute Gasteiger partial charge is 0.313 e. The molecule has 36 heavy (non-hydrogen) atoms. The molecule has 0 spiro atoms. The Hall–Kier alpha value is -1.64. The van der Waals surface area contributed by atoms with Gasteiger partial charge < -0.3 is 28.4 Å². The van der Waals surface area contributed by atoms with Gasteiger partial charge in [0.05, 0.1) is 6.04 Å². The first kappa shape index (κ1) is 32.4. The van der Waals surface area contributed by atoms with Crippen molar-refractivity contribution in [1.82, 2.24) is 5.32 Å². The number of hydrogen-bond acceptors (Lipinski definition) is 12. The molecule has 0 radical (unpaired) electrons. The summed E-state index contributed by atoms with van der Waals surface area (Å²) in [5.74, 6) is -1.62. The van der Waals surface area contributed by atoms with Gasteiger partial charge in [-0.25, -0.2) is 0 Å². The molecule has 1 heterocycles. The molecule has 1 amide bonds. The molecular weight excluding hydrogens is 534 g/mol. The van der Waals surface area contributed by atoms with Crippen LogP contribution in [0.25, 0.3) is 0 Å². The van der Waals surface area contributed by atoms with E-state index in [1.54, 1.807) is 6.26 Å². The number of amides is 1. The van der Waals surface area contributed by atoms with Crippen LogP contribution in [0.15, 0.2) is 0 Å². The summed E-state index contributed by atoms with van der Waals surface area (Å²) in [5.41, 5.74) is -0.821. The quantitative estimate of drug-likeness (QED) is 0.200. The molecule has 1 saturated heterocycles. The third kappa shape index (κ3) is 10.4. The summed E-state index contributed by atoms with van der Waals surface area (Å²) in [6.07, 6.45) is -0.374. The lowest BCUT2D eigenvalue weighted by Gasteiger charge is -2.48. The van der Waals surface area contributed by atoms with Crippen molar-refractivity contribution >= 4 is 64.5 Å². The number of carbonyl (C=O) groups is 5. The minimum atomic E-state index is -2.08. The van der Waals surface area contributed by atoms with Crippen molar-refractivity contribution in [3.63, 3.8) is 0 Å². The second-order valence-corrected chi connectivity index (χ2v) is 13.1. The number of rotatable bonds is 12. The fourth-order valence-electron chi connectivity index (χ4n) is 3.99. The Morgan fingerprint density at radius 1 is 0.917 bits per heavy atom. The topological polar surface area (TPSA) is 144 Å². The van der Waals surface area contributed by atoms with Crippen LogP contribution in [0.1, 0.15) is 41.0 Å². The monoisotopic (exact) mass is 571 g/mol. The molecule has 0 aromatic carbocycles.